The van der Waals surface area contributed by atoms with Crippen LogP contribution in [-0.2, 0) is 11.2 Å². The van der Waals surface area contributed by atoms with Crippen LogP contribution in [0.15, 0.2) is 42.5 Å². The molecule has 1 aromatic heterocycles. The Kier molecular flexibility index (Phi) is 6.08. The Hall–Kier alpha value is -2.80. The van der Waals surface area contributed by atoms with Crippen molar-refractivity contribution in [2.75, 3.05) is 18.4 Å². The van der Waals surface area contributed by atoms with Gasteiger partial charge in [0.2, 0.25) is 11.0 Å². The number of piperidine rings is 1. The lowest BCUT2D eigenvalue weighted by atomic mass is 9.95. The van der Waals surface area contributed by atoms with E-state index in [4.69, 9.17) is 0 Å². The predicted molar refractivity (Wildman–Crippen MR) is 120 cm³/mol. The molecule has 1 atom stereocenters. The Morgan fingerprint density at radius 1 is 1.17 bits per heavy atom. The highest BCUT2D eigenvalue weighted by Crippen LogP contribution is 2.25. The molecule has 0 radical (unpaired) electrons. The normalized spacial score (nSPS) is 16.8. The predicted octanol–water partition coefficient (Wildman–Crippen LogP) is 4.38. The molecule has 1 fully saturated rings. The van der Waals surface area contributed by atoms with E-state index < -0.39 is 0 Å². The van der Waals surface area contributed by atoms with Gasteiger partial charge in [0.15, 0.2) is 0 Å². The monoisotopic (exact) mass is 422 g/mol. The second kappa shape index (κ2) is 8.92. The van der Waals surface area contributed by atoms with Crippen molar-refractivity contribution in [2.45, 2.75) is 33.1 Å². The van der Waals surface area contributed by atoms with Gasteiger partial charge in [-0.15, -0.1) is 10.2 Å². The molecule has 2 amide bonds. The van der Waals surface area contributed by atoms with Gasteiger partial charge in [0, 0.05) is 25.1 Å². The number of hydrogen-bond acceptors (Lipinski definition) is 5. The smallest absolute Gasteiger partial charge is 0.254 e. The third kappa shape index (κ3) is 4.51. The van der Waals surface area contributed by atoms with Gasteiger partial charge < -0.3 is 10.2 Å². The van der Waals surface area contributed by atoms with Crippen molar-refractivity contribution >= 4 is 39.1 Å². The molecular weight excluding hydrogens is 396 g/mol. The molecule has 0 aliphatic carbocycles. The van der Waals surface area contributed by atoms with E-state index in [9.17, 15) is 9.59 Å². The van der Waals surface area contributed by atoms with Crippen LogP contribution in [0.1, 0.15) is 42.1 Å². The molecule has 7 heteroatoms. The highest BCUT2D eigenvalue weighted by molar-refractivity contribution is 7.15. The summed E-state index contributed by atoms with van der Waals surface area (Å²) in [6.45, 7) is 5.35. The van der Waals surface area contributed by atoms with Crippen LogP contribution in [0.25, 0.3) is 10.8 Å². The summed E-state index contributed by atoms with van der Waals surface area (Å²) in [7, 11) is 0. The summed E-state index contributed by atoms with van der Waals surface area (Å²) in [5, 5.41) is 14.6. The molecule has 1 aliphatic rings. The van der Waals surface area contributed by atoms with Crippen molar-refractivity contribution in [3.63, 3.8) is 0 Å². The average molecular weight is 423 g/mol. The molecule has 1 N–H and O–H groups in total. The van der Waals surface area contributed by atoms with Crippen LogP contribution < -0.4 is 5.32 Å². The van der Waals surface area contributed by atoms with E-state index in [1.165, 1.54) is 11.3 Å². The van der Waals surface area contributed by atoms with Gasteiger partial charge in [0.05, 0.1) is 5.92 Å². The Morgan fingerprint density at radius 2 is 1.97 bits per heavy atom. The van der Waals surface area contributed by atoms with E-state index in [2.05, 4.69) is 29.4 Å². The van der Waals surface area contributed by atoms with E-state index in [0.29, 0.717) is 29.7 Å². The molecule has 1 saturated heterocycles. The Morgan fingerprint density at radius 3 is 2.80 bits per heavy atom. The number of benzene rings is 2. The highest BCUT2D eigenvalue weighted by atomic mass is 32.1. The van der Waals surface area contributed by atoms with Gasteiger partial charge in [-0.3, -0.25) is 9.59 Å². The van der Waals surface area contributed by atoms with Crippen molar-refractivity contribution in [1.29, 1.82) is 0 Å². The molecule has 0 bridgehead atoms. The van der Waals surface area contributed by atoms with Crippen molar-refractivity contribution in [3.8, 4) is 0 Å². The molecule has 30 heavy (non-hydrogen) atoms. The molecule has 3 aromatic rings. The number of carbonyl (C=O) groups is 2. The van der Waals surface area contributed by atoms with Gasteiger partial charge in [-0.2, -0.15) is 0 Å². The first-order valence-corrected chi connectivity index (χ1v) is 11.2. The summed E-state index contributed by atoms with van der Waals surface area (Å²) in [6, 6.07) is 13.7. The maximum atomic E-state index is 13.2. The standard InChI is InChI=1S/C23H26N4O2S/c1-15(2)13-20-25-26-23(30-20)24-21(28)17-9-6-12-27(14-17)22(29)19-11-5-8-16-7-3-4-10-18(16)19/h3-5,7-8,10-11,15,17H,6,9,12-14H2,1-2H3,(H,24,26,28). The van der Waals surface area contributed by atoms with Crippen LogP contribution in [-0.4, -0.2) is 40.0 Å². The van der Waals surface area contributed by atoms with Gasteiger partial charge in [0.25, 0.3) is 5.91 Å². The van der Waals surface area contributed by atoms with E-state index in [0.717, 1.165) is 35.0 Å². The minimum Gasteiger partial charge on any atom is -0.338 e. The third-order valence-electron chi connectivity index (χ3n) is 5.38. The highest BCUT2D eigenvalue weighted by Gasteiger charge is 2.30. The number of fused-ring (bicyclic) bond motifs is 1. The number of nitrogens with zero attached hydrogens (tertiary/aromatic N) is 3. The molecular formula is C23H26N4O2S. The zero-order valence-corrected chi connectivity index (χ0v) is 18.1. The second-order valence-corrected chi connectivity index (χ2v) is 9.27. The number of nitrogens with one attached hydrogen (secondary N) is 1. The zero-order chi connectivity index (χ0) is 21.1. The summed E-state index contributed by atoms with van der Waals surface area (Å²) in [5.74, 6) is 0.153. The summed E-state index contributed by atoms with van der Waals surface area (Å²) in [5.41, 5.74) is 0.691. The largest absolute Gasteiger partial charge is 0.338 e. The molecule has 156 valence electrons. The van der Waals surface area contributed by atoms with E-state index in [1.54, 1.807) is 4.90 Å². The van der Waals surface area contributed by atoms with Crippen molar-refractivity contribution in [3.05, 3.63) is 53.0 Å². The molecule has 6 nitrogen and oxygen atoms in total. The fourth-order valence-corrected chi connectivity index (χ4v) is 4.86. The molecule has 4 rings (SSSR count). The quantitative estimate of drug-likeness (QED) is 0.662. The Balaban J connectivity index is 1.44. The topological polar surface area (TPSA) is 75.2 Å². The SMILES string of the molecule is CC(C)Cc1nnc(NC(=O)C2CCCN(C(=O)c3cccc4ccccc34)C2)s1. The number of anilines is 1. The minimum atomic E-state index is -0.241. The number of amides is 2. The number of aromatic nitrogens is 2. The average Bonchev–Trinajstić information content (AvgIpc) is 3.18. The second-order valence-electron chi connectivity index (χ2n) is 8.21. The van der Waals surface area contributed by atoms with Crippen LogP contribution in [0, 0.1) is 11.8 Å². The Labute approximate surface area is 180 Å². The summed E-state index contributed by atoms with van der Waals surface area (Å²) in [6.07, 6.45) is 2.43. The van der Waals surface area contributed by atoms with Crippen LogP contribution in [0.3, 0.4) is 0 Å². The van der Waals surface area contributed by atoms with Gasteiger partial charge >= 0.3 is 0 Å². The van der Waals surface area contributed by atoms with Gasteiger partial charge in [-0.05, 0) is 35.6 Å². The first-order valence-electron chi connectivity index (χ1n) is 10.4. The summed E-state index contributed by atoms with van der Waals surface area (Å²) < 4.78 is 0. The molecule has 2 heterocycles. The van der Waals surface area contributed by atoms with Gasteiger partial charge in [-0.25, -0.2) is 0 Å². The Bertz CT molecular complexity index is 1060. The molecule has 0 spiro atoms. The van der Waals surface area contributed by atoms with Crippen molar-refractivity contribution in [1.82, 2.24) is 15.1 Å². The van der Waals surface area contributed by atoms with Crippen LogP contribution in [0.4, 0.5) is 5.13 Å². The molecule has 1 aliphatic heterocycles. The first kappa shape index (κ1) is 20.5. The zero-order valence-electron chi connectivity index (χ0n) is 17.3. The number of rotatable bonds is 5. The van der Waals surface area contributed by atoms with Crippen LogP contribution in [0.5, 0.6) is 0 Å². The number of carbonyl (C=O) groups excluding carboxylic acids is 2. The van der Waals surface area contributed by atoms with Crippen molar-refractivity contribution < 1.29 is 9.59 Å². The summed E-state index contributed by atoms with van der Waals surface area (Å²) in [4.78, 5) is 27.8. The molecule has 2 aromatic carbocycles. The summed E-state index contributed by atoms with van der Waals surface area (Å²) >= 11 is 1.42. The lowest BCUT2D eigenvalue weighted by molar-refractivity contribution is -0.121. The van der Waals surface area contributed by atoms with E-state index >= 15 is 0 Å². The van der Waals surface area contributed by atoms with Crippen molar-refractivity contribution in [2.24, 2.45) is 11.8 Å². The van der Waals surface area contributed by atoms with E-state index in [1.807, 2.05) is 42.5 Å². The van der Waals surface area contributed by atoms with Gasteiger partial charge in [-0.1, -0.05) is 61.6 Å². The third-order valence-corrected chi connectivity index (χ3v) is 6.24. The first-order chi connectivity index (χ1) is 14.5. The lowest BCUT2D eigenvalue weighted by Crippen LogP contribution is -2.43. The van der Waals surface area contributed by atoms with E-state index in [-0.39, 0.29) is 17.7 Å². The number of likely N-dealkylation sites (tertiary alicyclic amines) is 1. The van der Waals surface area contributed by atoms with Crippen LogP contribution in [0.2, 0.25) is 0 Å². The fourth-order valence-electron chi connectivity index (χ4n) is 3.90. The van der Waals surface area contributed by atoms with Gasteiger partial charge in [0.1, 0.15) is 5.01 Å². The lowest BCUT2D eigenvalue weighted by Gasteiger charge is -2.32. The minimum absolute atomic E-state index is 0.0144. The molecule has 1 unspecified atom stereocenters. The van der Waals surface area contributed by atoms with Crippen LogP contribution >= 0.6 is 11.3 Å². The number of hydrogen-bond donors (Lipinski definition) is 1. The molecule has 0 saturated carbocycles. The maximum absolute atomic E-state index is 13.2. The maximum Gasteiger partial charge on any atom is 0.254 e. The fraction of sp³-hybridized carbons (Fsp3) is 0.391.